The summed E-state index contributed by atoms with van der Waals surface area (Å²) >= 11 is 0. The molecule has 0 aliphatic carbocycles. The Morgan fingerprint density at radius 3 is 3.00 bits per heavy atom. The van der Waals surface area contributed by atoms with E-state index in [1.807, 2.05) is 0 Å². The number of aliphatic hydroxyl groups excluding tert-OH is 1. The second kappa shape index (κ2) is 2.19. The van der Waals surface area contributed by atoms with E-state index in [0.717, 1.165) is 19.5 Å². The molecule has 2 bridgehead atoms. The maximum atomic E-state index is 9.34. The molecule has 10 heavy (non-hydrogen) atoms. The van der Waals surface area contributed by atoms with Gasteiger partial charge in [0.1, 0.15) is 0 Å². The van der Waals surface area contributed by atoms with Gasteiger partial charge in [-0.1, -0.05) is 0 Å². The van der Waals surface area contributed by atoms with Crippen LogP contribution in [-0.4, -0.2) is 47.4 Å². The van der Waals surface area contributed by atoms with Crippen molar-refractivity contribution in [1.82, 2.24) is 10.0 Å². The van der Waals surface area contributed by atoms with Gasteiger partial charge in [-0.25, -0.2) is 10.0 Å². The Balaban J connectivity index is 2.09. The van der Waals surface area contributed by atoms with Gasteiger partial charge in [-0.15, -0.1) is 0 Å². The lowest BCUT2D eigenvalue weighted by atomic mass is 10.1. The summed E-state index contributed by atoms with van der Waals surface area (Å²) in [7, 11) is 2.11. The Morgan fingerprint density at radius 1 is 1.50 bits per heavy atom. The molecule has 2 saturated heterocycles. The predicted octanol–water partition coefficient (Wildman–Crippen LogP) is -0.328. The van der Waals surface area contributed by atoms with Gasteiger partial charge in [-0.2, -0.15) is 0 Å². The SMILES string of the molecule is CN1C2CCN1CC(O)C2. The van der Waals surface area contributed by atoms with Gasteiger partial charge in [0.25, 0.3) is 0 Å². The number of hydrogen-bond donors (Lipinski definition) is 1. The molecular formula is C7H14N2O. The number of nitrogens with zero attached hydrogens (tertiary/aromatic N) is 2. The first-order chi connectivity index (χ1) is 4.77. The van der Waals surface area contributed by atoms with Gasteiger partial charge in [0, 0.05) is 26.2 Å². The zero-order valence-electron chi connectivity index (χ0n) is 6.32. The van der Waals surface area contributed by atoms with E-state index in [1.54, 1.807) is 0 Å². The van der Waals surface area contributed by atoms with Crippen molar-refractivity contribution in [2.75, 3.05) is 20.1 Å². The lowest BCUT2D eigenvalue weighted by Gasteiger charge is -2.35. The highest BCUT2D eigenvalue weighted by Crippen LogP contribution is 2.25. The summed E-state index contributed by atoms with van der Waals surface area (Å²) in [6.45, 7) is 1.98. The Labute approximate surface area is 61.2 Å². The first-order valence-corrected chi connectivity index (χ1v) is 3.93. The van der Waals surface area contributed by atoms with E-state index in [0.29, 0.717) is 6.04 Å². The summed E-state index contributed by atoms with van der Waals surface area (Å²) in [5.41, 5.74) is 0. The lowest BCUT2D eigenvalue weighted by molar-refractivity contribution is -0.0626. The Morgan fingerprint density at radius 2 is 2.30 bits per heavy atom. The van der Waals surface area contributed by atoms with Crippen LogP contribution < -0.4 is 0 Å². The van der Waals surface area contributed by atoms with Gasteiger partial charge in [0.15, 0.2) is 0 Å². The molecule has 0 aromatic rings. The number of fused-ring (bicyclic) bond motifs is 2. The van der Waals surface area contributed by atoms with Crippen LogP contribution >= 0.6 is 0 Å². The van der Waals surface area contributed by atoms with Crippen molar-refractivity contribution in [2.45, 2.75) is 25.0 Å². The molecule has 3 atom stereocenters. The molecule has 2 rings (SSSR count). The van der Waals surface area contributed by atoms with Gasteiger partial charge >= 0.3 is 0 Å². The predicted molar refractivity (Wildman–Crippen MR) is 38.4 cm³/mol. The standard InChI is InChI=1S/C7H14N2O/c1-8-6-2-3-9(8)5-7(10)4-6/h6-7,10H,2-5H2,1H3. The zero-order valence-corrected chi connectivity index (χ0v) is 6.32. The van der Waals surface area contributed by atoms with Crippen molar-refractivity contribution in [3.63, 3.8) is 0 Å². The van der Waals surface area contributed by atoms with Crippen molar-refractivity contribution in [3.8, 4) is 0 Å². The zero-order chi connectivity index (χ0) is 7.14. The summed E-state index contributed by atoms with van der Waals surface area (Å²) in [5, 5.41) is 13.8. The highest BCUT2D eigenvalue weighted by Gasteiger charge is 2.35. The fourth-order valence-electron chi connectivity index (χ4n) is 2.00. The maximum Gasteiger partial charge on any atom is 0.0696 e. The molecule has 2 fully saturated rings. The minimum Gasteiger partial charge on any atom is -0.392 e. The van der Waals surface area contributed by atoms with Crippen LogP contribution in [0.25, 0.3) is 0 Å². The lowest BCUT2D eigenvalue weighted by Crippen LogP contribution is -2.48. The van der Waals surface area contributed by atoms with Gasteiger partial charge in [0.2, 0.25) is 0 Å². The van der Waals surface area contributed by atoms with Crippen molar-refractivity contribution in [2.24, 2.45) is 0 Å². The summed E-state index contributed by atoms with van der Waals surface area (Å²) in [6.07, 6.45) is 2.12. The van der Waals surface area contributed by atoms with Crippen molar-refractivity contribution in [3.05, 3.63) is 0 Å². The number of aliphatic hydroxyl groups is 1. The quantitative estimate of drug-likeness (QED) is 0.502. The molecule has 3 heteroatoms. The Kier molecular flexibility index (Phi) is 1.44. The highest BCUT2D eigenvalue weighted by atomic mass is 16.3. The number of hydrogen-bond acceptors (Lipinski definition) is 3. The van der Waals surface area contributed by atoms with E-state index in [9.17, 15) is 5.11 Å². The van der Waals surface area contributed by atoms with Crippen LogP contribution in [-0.2, 0) is 0 Å². The minimum atomic E-state index is -0.0799. The molecule has 2 aliphatic heterocycles. The van der Waals surface area contributed by atoms with E-state index in [1.165, 1.54) is 6.42 Å². The number of rotatable bonds is 0. The van der Waals surface area contributed by atoms with E-state index < -0.39 is 0 Å². The third kappa shape index (κ3) is 0.856. The second-order valence-electron chi connectivity index (χ2n) is 3.32. The summed E-state index contributed by atoms with van der Waals surface area (Å²) < 4.78 is 0. The fraction of sp³-hybridized carbons (Fsp3) is 1.00. The van der Waals surface area contributed by atoms with E-state index in [2.05, 4.69) is 17.1 Å². The summed E-state index contributed by atoms with van der Waals surface area (Å²) in [4.78, 5) is 0. The maximum absolute atomic E-state index is 9.34. The van der Waals surface area contributed by atoms with E-state index in [-0.39, 0.29) is 6.10 Å². The third-order valence-electron chi connectivity index (χ3n) is 2.66. The number of hydrazine groups is 1. The molecule has 1 N–H and O–H groups in total. The molecule has 2 heterocycles. The van der Waals surface area contributed by atoms with Crippen molar-refractivity contribution < 1.29 is 5.11 Å². The van der Waals surface area contributed by atoms with Crippen molar-refractivity contribution >= 4 is 0 Å². The summed E-state index contributed by atoms with van der Waals surface area (Å²) in [6, 6.07) is 0.615. The van der Waals surface area contributed by atoms with Crippen LogP contribution in [0.2, 0.25) is 0 Å². The van der Waals surface area contributed by atoms with Gasteiger partial charge in [-0.3, -0.25) is 0 Å². The summed E-state index contributed by atoms with van der Waals surface area (Å²) in [5.74, 6) is 0. The molecule has 0 radical (unpaired) electrons. The molecule has 3 unspecified atom stereocenters. The smallest absolute Gasteiger partial charge is 0.0696 e. The Bertz CT molecular complexity index is 126. The molecule has 0 aromatic carbocycles. The van der Waals surface area contributed by atoms with E-state index >= 15 is 0 Å². The van der Waals surface area contributed by atoms with Gasteiger partial charge in [0.05, 0.1) is 6.10 Å². The average Bonchev–Trinajstić information content (AvgIpc) is 2.20. The van der Waals surface area contributed by atoms with Crippen LogP contribution in [0.3, 0.4) is 0 Å². The molecule has 0 amide bonds. The first-order valence-electron chi connectivity index (χ1n) is 3.93. The van der Waals surface area contributed by atoms with E-state index in [4.69, 9.17) is 0 Å². The normalized spacial score (nSPS) is 48.0. The second-order valence-corrected chi connectivity index (χ2v) is 3.32. The molecule has 0 spiro atoms. The molecule has 2 aliphatic rings. The average molecular weight is 142 g/mol. The largest absolute Gasteiger partial charge is 0.392 e. The Hall–Kier alpha value is -0.120. The fourth-order valence-corrected chi connectivity index (χ4v) is 2.00. The van der Waals surface area contributed by atoms with Crippen molar-refractivity contribution in [1.29, 1.82) is 0 Å². The first kappa shape index (κ1) is 6.58. The topological polar surface area (TPSA) is 26.7 Å². The molecule has 3 nitrogen and oxygen atoms in total. The van der Waals surface area contributed by atoms with Gasteiger partial charge < -0.3 is 5.11 Å². The third-order valence-corrected chi connectivity index (χ3v) is 2.66. The monoisotopic (exact) mass is 142 g/mol. The van der Waals surface area contributed by atoms with Crippen LogP contribution in [0.1, 0.15) is 12.8 Å². The molecule has 0 aromatic heterocycles. The highest BCUT2D eigenvalue weighted by molar-refractivity contribution is 4.85. The van der Waals surface area contributed by atoms with Crippen LogP contribution in [0.5, 0.6) is 0 Å². The van der Waals surface area contributed by atoms with Crippen LogP contribution in [0, 0.1) is 0 Å². The van der Waals surface area contributed by atoms with Crippen LogP contribution in [0.4, 0.5) is 0 Å². The van der Waals surface area contributed by atoms with Gasteiger partial charge in [-0.05, 0) is 12.8 Å². The molecule has 58 valence electrons. The molecule has 0 saturated carbocycles. The minimum absolute atomic E-state index is 0.0799. The molecular weight excluding hydrogens is 128 g/mol. The van der Waals surface area contributed by atoms with Crippen LogP contribution in [0.15, 0.2) is 0 Å².